The topological polar surface area (TPSA) is 80.2 Å². The zero-order valence-corrected chi connectivity index (χ0v) is 16.3. The Morgan fingerprint density at radius 3 is 2.25 bits per heavy atom. The Kier molecular flexibility index (Phi) is 5.36. The maximum Gasteiger partial charge on any atom is 0.222 e. The van der Waals surface area contributed by atoms with Crippen molar-refractivity contribution in [2.24, 2.45) is 5.92 Å². The summed E-state index contributed by atoms with van der Waals surface area (Å²) in [6, 6.07) is 3.60. The maximum atomic E-state index is 13.1. The minimum Gasteiger partial charge on any atom is -0.349 e. The second-order valence-corrected chi connectivity index (χ2v) is 7.44. The van der Waals surface area contributed by atoms with Gasteiger partial charge in [-0.15, -0.1) is 0 Å². The van der Waals surface area contributed by atoms with E-state index in [1.165, 1.54) is 4.90 Å². The van der Waals surface area contributed by atoms with Gasteiger partial charge in [-0.05, 0) is 42.7 Å². The van der Waals surface area contributed by atoms with Crippen LogP contribution in [-0.4, -0.2) is 46.4 Å². The molecule has 0 saturated heterocycles. The number of carbonyl (C=O) groups is 3. The van der Waals surface area contributed by atoms with Crippen LogP contribution in [0.3, 0.4) is 0 Å². The summed E-state index contributed by atoms with van der Waals surface area (Å²) in [4.78, 5) is 46.9. The molecule has 0 radical (unpaired) electrons. The third-order valence-electron chi connectivity index (χ3n) is 5.14. The highest BCUT2D eigenvalue weighted by molar-refractivity contribution is 6.15. The van der Waals surface area contributed by atoms with Crippen molar-refractivity contribution in [3.8, 4) is 11.4 Å². The molecule has 1 heterocycles. The van der Waals surface area contributed by atoms with Crippen LogP contribution in [0.25, 0.3) is 11.4 Å². The Labute approximate surface area is 162 Å². The van der Waals surface area contributed by atoms with E-state index in [1.54, 1.807) is 26.2 Å². The summed E-state index contributed by atoms with van der Waals surface area (Å²) < 4.78 is 13.1. The van der Waals surface area contributed by atoms with Gasteiger partial charge in [0.2, 0.25) is 5.91 Å². The predicted molar refractivity (Wildman–Crippen MR) is 101 cm³/mol. The third-order valence-corrected chi connectivity index (χ3v) is 5.14. The van der Waals surface area contributed by atoms with Gasteiger partial charge in [-0.2, -0.15) is 0 Å². The highest BCUT2D eigenvalue weighted by Gasteiger charge is 2.44. The van der Waals surface area contributed by atoms with E-state index >= 15 is 0 Å². The van der Waals surface area contributed by atoms with E-state index in [1.807, 2.05) is 13.8 Å². The molecule has 2 aromatic rings. The van der Waals surface area contributed by atoms with Crippen LogP contribution in [0.4, 0.5) is 4.39 Å². The molecule has 1 aliphatic carbocycles. The first-order valence-corrected chi connectivity index (χ1v) is 9.04. The zero-order valence-electron chi connectivity index (χ0n) is 16.3. The number of hydrogen-bond acceptors (Lipinski definition) is 5. The van der Waals surface area contributed by atoms with Crippen molar-refractivity contribution in [2.75, 3.05) is 14.1 Å². The minimum absolute atomic E-state index is 0.0493. The molecule has 7 heteroatoms. The van der Waals surface area contributed by atoms with Gasteiger partial charge in [0.15, 0.2) is 17.4 Å². The summed E-state index contributed by atoms with van der Waals surface area (Å²) in [5, 5.41) is 0. The van der Waals surface area contributed by atoms with Crippen LogP contribution >= 0.6 is 0 Å². The number of ketones is 2. The maximum absolute atomic E-state index is 13.1. The number of benzene rings is 1. The molecule has 2 atom stereocenters. The van der Waals surface area contributed by atoms with Crippen molar-refractivity contribution in [2.45, 2.75) is 32.6 Å². The number of nitrogens with zero attached hydrogens (tertiary/aromatic N) is 3. The normalized spacial score (nSPS) is 19.2. The molecule has 3 rings (SSSR count). The van der Waals surface area contributed by atoms with Crippen LogP contribution in [0.15, 0.2) is 24.5 Å². The van der Waals surface area contributed by atoms with Crippen molar-refractivity contribution >= 4 is 17.5 Å². The van der Waals surface area contributed by atoms with Gasteiger partial charge in [-0.3, -0.25) is 14.4 Å². The number of amides is 1. The molecular weight excluding hydrogens is 361 g/mol. The molecule has 1 aromatic heterocycles. The molecule has 6 nitrogen and oxygen atoms in total. The Balaban J connectivity index is 1.93. The smallest absolute Gasteiger partial charge is 0.222 e. The second kappa shape index (κ2) is 7.58. The van der Waals surface area contributed by atoms with E-state index in [-0.39, 0.29) is 30.3 Å². The molecule has 0 aliphatic heterocycles. The lowest BCUT2D eigenvalue weighted by Crippen LogP contribution is -2.26. The molecule has 146 valence electrons. The van der Waals surface area contributed by atoms with Gasteiger partial charge >= 0.3 is 0 Å². The van der Waals surface area contributed by atoms with E-state index in [0.717, 1.165) is 23.5 Å². The van der Waals surface area contributed by atoms with E-state index in [4.69, 9.17) is 0 Å². The summed E-state index contributed by atoms with van der Waals surface area (Å²) in [6.45, 7) is 3.66. The second-order valence-electron chi connectivity index (χ2n) is 7.44. The van der Waals surface area contributed by atoms with Gasteiger partial charge in [0, 0.05) is 38.4 Å². The fourth-order valence-electron chi connectivity index (χ4n) is 3.75. The first-order valence-electron chi connectivity index (χ1n) is 9.04. The van der Waals surface area contributed by atoms with Crippen molar-refractivity contribution < 1.29 is 18.8 Å². The van der Waals surface area contributed by atoms with Crippen molar-refractivity contribution in [1.29, 1.82) is 0 Å². The minimum atomic E-state index is -0.844. The summed E-state index contributed by atoms with van der Waals surface area (Å²) >= 11 is 0. The first kappa shape index (κ1) is 19.8. The van der Waals surface area contributed by atoms with Crippen molar-refractivity contribution in [3.05, 3.63) is 47.0 Å². The Morgan fingerprint density at radius 1 is 1.14 bits per heavy atom. The highest BCUT2D eigenvalue weighted by atomic mass is 19.1. The molecule has 0 bridgehead atoms. The number of rotatable bonds is 4. The molecular formula is C21H22FN3O3. The van der Waals surface area contributed by atoms with Crippen LogP contribution in [-0.2, 0) is 14.4 Å². The van der Waals surface area contributed by atoms with E-state index in [0.29, 0.717) is 17.0 Å². The fraction of sp³-hybridized carbons (Fsp3) is 0.381. The Morgan fingerprint density at radius 2 is 1.71 bits per heavy atom. The Bertz CT molecular complexity index is 931. The number of aromatic nitrogens is 2. The van der Waals surface area contributed by atoms with Gasteiger partial charge in [-0.25, -0.2) is 14.4 Å². The van der Waals surface area contributed by atoms with Gasteiger partial charge in [0.05, 0.1) is 12.4 Å². The quantitative estimate of drug-likeness (QED) is 0.758. The lowest BCUT2D eigenvalue weighted by molar-refractivity contribution is -0.133. The lowest BCUT2D eigenvalue weighted by Gasteiger charge is -2.17. The number of hydrogen-bond donors (Lipinski definition) is 0. The van der Waals surface area contributed by atoms with Crippen LogP contribution in [0.5, 0.6) is 0 Å². The predicted octanol–water partition coefficient (Wildman–Crippen LogP) is 2.62. The van der Waals surface area contributed by atoms with Gasteiger partial charge < -0.3 is 4.90 Å². The number of carbonyl (C=O) groups excluding carboxylic acids is 3. The summed E-state index contributed by atoms with van der Waals surface area (Å²) in [6.07, 6.45) is 2.33. The summed E-state index contributed by atoms with van der Waals surface area (Å²) in [5.74, 6) is -2.08. The van der Waals surface area contributed by atoms with Gasteiger partial charge in [-0.1, -0.05) is 0 Å². The Hall–Kier alpha value is -2.96. The van der Waals surface area contributed by atoms with Gasteiger partial charge in [0.25, 0.3) is 0 Å². The summed E-state index contributed by atoms with van der Waals surface area (Å²) in [7, 11) is 3.26. The van der Waals surface area contributed by atoms with Crippen LogP contribution in [0, 0.1) is 25.6 Å². The van der Waals surface area contributed by atoms with E-state index < -0.39 is 17.7 Å². The average Bonchev–Trinajstić information content (AvgIpc) is 2.89. The lowest BCUT2D eigenvalue weighted by atomic mass is 9.86. The fourth-order valence-corrected chi connectivity index (χ4v) is 3.75. The van der Waals surface area contributed by atoms with Crippen molar-refractivity contribution in [1.82, 2.24) is 14.9 Å². The number of aryl methyl sites for hydroxylation is 2. The molecule has 1 amide bonds. The molecule has 0 N–H and O–H groups in total. The summed E-state index contributed by atoms with van der Waals surface area (Å²) in [5.41, 5.74) is 2.92. The standard InChI is InChI=1S/C21H22FN3O3/c1-11-5-14(21-23-9-15(22)10-24-21)6-12(2)18(11)19-16(26)7-13(20(19)28)8-17(27)25(3)4/h5-6,9-10,13,19H,7-8H2,1-4H3. The zero-order chi connectivity index (χ0) is 20.6. The van der Waals surface area contributed by atoms with E-state index in [2.05, 4.69) is 9.97 Å². The SMILES string of the molecule is Cc1cc(-c2ncc(F)cn2)cc(C)c1C1C(=O)CC(CC(=O)N(C)C)C1=O. The molecule has 0 spiro atoms. The van der Waals surface area contributed by atoms with Crippen molar-refractivity contribution in [3.63, 3.8) is 0 Å². The third kappa shape index (κ3) is 3.69. The molecule has 1 saturated carbocycles. The largest absolute Gasteiger partial charge is 0.349 e. The monoisotopic (exact) mass is 383 g/mol. The molecule has 1 aliphatic rings. The molecule has 1 aromatic carbocycles. The van der Waals surface area contributed by atoms with Crippen LogP contribution in [0.2, 0.25) is 0 Å². The molecule has 2 unspecified atom stereocenters. The van der Waals surface area contributed by atoms with Crippen LogP contribution in [0.1, 0.15) is 35.4 Å². The average molecular weight is 383 g/mol. The number of halogens is 1. The number of Topliss-reactive ketones (excluding diaryl/α,β-unsaturated/α-hetero) is 2. The van der Waals surface area contributed by atoms with Crippen LogP contribution < -0.4 is 0 Å². The molecule has 1 fully saturated rings. The van der Waals surface area contributed by atoms with E-state index in [9.17, 15) is 18.8 Å². The highest BCUT2D eigenvalue weighted by Crippen LogP contribution is 2.38. The first-order chi connectivity index (χ1) is 13.2. The van der Waals surface area contributed by atoms with Gasteiger partial charge in [0.1, 0.15) is 11.7 Å². The molecule has 28 heavy (non-hydrogen) atoms.